The van der Waals surface area contributed by atoms with Gasteiger partial charge in [-0.3, -0.25) is 4.79 Å². The van der Waals surface area contributed by atoms with Gasteiger partial charge in [0.15, 0.2) is 11.6 Å². The number of nitrogens with one attached hydrogen (secondary N) is 1. The van der Waals surface area contributed by atoms with Crippen molar-refractivity contribution in [2.45, 2.75) is 38.0 Å². The molecule has 2 fully saturated rings. The molecule has 2 saturated carbocycles. The number of H-pyrrole nitrogens is 1. The molecule has 0 amide bonds. The molecule has 2 aliphatic carbocycles. The standard InChI is InChI=1S/C15H16N2O2/c1-8-6-10(8)12-4-5-13(19-12)15-16-11(9-2-3-9)7-14(18)17-15/h4-5,7-10H,2-3,6H2,1H3,(H,16,17,18). The fraction of sp³-hybridized carbons (Fsp3) is 0.467. The first-order valence-electron chi connectivity index (χ1n) is 6.92. The Bertz CT molecular complexity index is 681. The molecule has 0 aliphatic heterocycles. The number of nitrogens with zero attached hydrogens (tertiary/aromatic N) is 1. The largest absolute Gasteiger partial charge is 0.458 e. The van der Waals surface area contributed by atoms with Crippen LogP contribution in [0.25, 0.3) is 11.6 Å². The zero-order chi connectivity index (χ0) is 13.0. The number of rotatable bonds is 3. The van der Waals surface area contributed by atoms with Crippen molar-refractivity contribution in [3.05, 3.63) is 40.0 Å². The van der Waals surface area contributed by atoms with Gasteiger partial charge in [0.1, 0.15) is 5.76 Å². The lowest BCUT2D eigenvalue weighted by molar-refractivity contribution is 0.514. The van der Waals surface area contributed by atoms with Crippen molar-refractivity contribution in [2.75, 3.05) is 0 Å². The van der Waals surface area contributed by atoms with Crippen molar-refractivity contribution in [3.8, 4) is 11.6 Å². The second-order valence-corrected chi connectivity index (χ2v) is 5.81. The molecule has 98 valence electrons. The average Bonchev–Trinajstić information content (AvgIpc) is 3.29. The Kier molecular flexibility index (Phi) is 2.22. The zero-order valence-electron chi connectivity index (χ0n) is 10.8. The molecule has 4 nitrogen and oxygen atoms in total. The van der Waals surface area contributed by atoms with Crippen LogP contribution in [0.4, 0.5) is 0 Å². The third kappa shape index (κ3) is 2.01. The zero-order valence-corrected chi connectivity index (χ0v) is 10.8. The summed E-state index contributed by atoms with van der Waals surface area (Å²) in [6, 6.07) is 5.52. The van der Waals surface area contributed by atoms with Gasteiger partial charge >= 0.3 is 0 Å². The van der Waals surface area contributed by atoms with E-state index in [-0.39, 0.29) is 5.56 Å². The van der Waals surface area contributed by atoms with Gasteiger partial charge in [-0.2, -0.15) is 0 Å². The van der Waals surface area contributed by atoms with E-state index >= 15 is 0 Å². The lowest BCUT2D eigenvalue weighted by Crippen LogP contribution is -2.09. The van der Waals surface area contributed by atoms with Crippen molar-refractivity contribution >= 4 is 0 Å². The second-order valence-electron chi connectivity index (χ2n) is 5.81. The number of hydrogen-bond donors (Lipinski definition) is 1. The van der Waals surface area contributed by atoms with Gasteiger partial charge in [-0.25, -0.2) is 4.98 Å². The van der Waals surface area contributed by atoms with Crippen LogP contribution in [0.3, 0.4) is 0 Å². The normalized spacial score (nSPS) is 25.5. The summed E-state index contributed by atoms with van der Waals surface area (Å²) >= 11 is 0. The Morgan fingerprint density at radius 3 is 2.84 bits per heavy atom. The topological polar surface area (TPSA) is 58.9 Å². The van der Waals surface area contributed by atoms with Gasteiger partial charge in [0, 0.05) is 17.9 Å². The maximum atomic E-state index is 11.7. The van der Waals surface area contributed by atoms with Gasteiger partial charge in [0.05, 0.1) is 5.69 Å². The van der Waals surface area contributed by atoms with Crippen molar-refractivity contribution in [1.82, 2.24) is 9.97 Å². The summed E-state index contributed by atoms with van der Waals surface area (Å²) in [5, 5.41) is 0. The molecule has 0 radical (unpaired) electrons. The monoisotopic (exact) mass is 256 g/mol. The Balaban J connectivity index is 1.71. The highest BCUT2D eigenvalue weighted by molar-refractivity contribution is 5.48. The SMILES string of the molecule is CC1CC1c1ccc(-c2nc(C3CC3)cc(=O)[nH]2)o1. The van der Waals surface area contributed by atoms with Gasteiger partial charge in [0.2, 0.25) is 0 Å². The van der Waals surface area contributed by atoms with Crippen molar-refractivity contribution in [2.24, 2.45) is 5.92 Å². The molecule has 1 N–H and O–H groups in total. The third-order valence-corrected chi connectivity index (χ3v) is 4.09. The number of aromatic nitrogens is 2. The van der Waals surface area contributed by atoms with E-state index in [0.29, 0.717) is 29.3 Å². The van der Waals surface area contributed by atoms with E-state index < -0.39 is 0 Å². The first-order chi connectivity index (χ1) is 9.20. The molecule has 4 rings (SSSR count). The van der Waals surface area contributed by atoms with Gasteiger partial charge in [-0.05, 0) is 37.3 Å². The molecule has 0 bridgehead atoms. The molecule has 19 heavy (non-hydrogen) atoms. The van der Waals surface area contributed by atoms with Gasteiger partial charge < -0.3 is 9.40 Å². The molecular weight excluding hydrogens is 240 g/mol. The summed E-state index contributed by atoms with van der Waals surface area (Å²) in [5.74, 6) is 3.99. The minimum atomic E-state index is -0.0929. The van der Waals surface area contributed by atoms with E-state index in [1.807, 2.05) is 12.1 Å². The Hall–Kier alpha value is -1.84. The molecule has 2 aromatic rings. The second kappa shape index (κ2) is 3.83. The maximum absolute atomic E-state index is 11.7. The van der Waals surface area contributed by atoms with Crippen molar-refractivity contribution < 1.29 is 4.42 Å². The smallest absolute Gasteiger partial charge is 0.251 e. The molecule has 4 heteroatoms. The Morgan fingerprint density at radius 2 is 2.16 bits per heavy atom. The van der Waals surface area contributed by atoms with Gasteiger partial charge in [-0.1, -0.05) is 6.92 Å². The number of aromatic amines is 1. The molecule has 0 spiro atoms. The van der Waals surface area contributed by atoms with Crippen LogP contribution in [-0.4, -0.2) is 9.97 Å². The molecule has 2 unspecified atom stereocenters. The summed E-state index contributed by atoms with van der Waals surface area (Å²) in [6.45, 7) is 2.22. The predicted molar refractivity (Wildman–Crippen MR) is 71.1 cm³/mol. The number of hydrogen-bond acceptors (Lipinski definition) is 3. The van der Waals surface area contributed by atoms with Gasteiger partial charge in [0.25, 0.3) is 5.56 Å². The van der Waals surface area contributed by atoms with E-state index in [4.69, 9.17) is 4.42 Å². The lowest BCUT2D eigenvalue weighted by atomic mass is 10.2. The summed E-state index contributed by atoms with van der Waals surface area (Å²) in [4.78, 5) is 19.0. The molecule has 2 atom stereocenters. The van der Waals surface area contributed by atoms with Crippen LogP contribution in [0, 0.1) is 5.92 Å². The van der Waals surface area contributed by atoms with Crippen LogP contribution >= 0.6 is 0 Å². The lowest BCUT2D eigenvalue weighted by Gasteiger charge is -2.00. The first kappa shape index (κ1) is 11.0. The van der Waals surface area contributed by atoms with Crippen molar-refractivity contribution in [1.29, 1.82) is 0 Å². The summed E-state index contributed by atoms with van der Waals surface area (Å²) < 4.78 is 5.84. The summed E-state index contributed by atoms with van der Waals surface area (Å²) in [7, 11) is 0. The number of furan rings is 1. The van der Waals surface area contributed by atoms with E-state index in [1.165, 1.54) is 6.42 Å². The maximum Gasteiger partial charge on any atom is 0.251 e. The van der Waals surface area contributed by atoms with E-state index in [0.717, 1.165) is 24.3 Å². The van der Waals surface area contributed by atoms with Crippen LogP contribution in [-0.2, 0) is 0 Å². The summed E-state index contributed by atoms with van der Waals surface area (Å²) in [5.41, 5.74) is 0.807. The highest BCUT2D eigenvalue weighted by Gasteiger charge is 2.36. The summed E-state index contributed by atoms with van der Waals surface area (Å²) in [6.07, 6.45) is 3.47. The molecule has 0 saturated heterocycles. The minimum Gasteiger partial charge on any atom is -0.458 e. The van der Waals surface area contributed by atoms with Crippen LogP contribution < -0.4 is 5.56 Å². The third-order valence-electron chi connectivity index (χ3n) is 4.09. The Morgan fingerprint density at radius 1 is 1.37 bits per heavy atom. The fourth-order valence-corrected chi connectivity index (χ4v) is 2.58. The molecule has 2 aromatic heterocycles. The van der Waals surface area contributed by atoms with E-state index in [2.05, 4.69) is 16.9 Å². The van der Waals surface area contributed by atoms with Crippen LogP contribution in [0.5, 0.6) is 0 Å². The van der Waals surface area contributed by atoms with E-state index in [9.17, 15) is 4.79 Å². The molecular formula is C15H16N2O2. The highest BCUT2D eigenvalue weighted by Crippen LogP contribution is 2.48. The fourth-order valence-electron chi connectivity index (χ4n) is 2.58. The quantitative estimate of drug-likeness (QED) is 0.918. The Labute approximate surface area is 110 Å². The predicted octanol–water partition coefficient (Wildman–Crippen LogP) is 3.03. The molecule has 2 aliphatic rings. The van der Waals surface area contributed by atoms with Crippen LogP contribution in [0.15, 0.2) is 27.4 Å². The molecule has 2 heterocycles. The molecule has 0 aromatic carbocycles. The average molecular weight is 256 g/mol. The van der Waals surface area contributed by atoms with E-state index in [1.54, 1.807) is 6.07 Å². The van der Waals surface area contributed by atoms with Crippen molar-refractivity contribution in [3.63, 3.8) is 0 Å². The van der Waals surface area contributed by atoms with Crippen LogP contribution in [0.2, 0.25) is 0 Å². The minimum absolute atomic E-state index is 0.0929. The highest BCUT2D eigenvalue weighted by atomic mass is 16.3. The first-order valence-corrected chi connectivity index (χ1v) is 6.92. The van der Waals surface area contributed by atoms with Crippen LogP contribution in [0.1, 0.15) is 49.5 Å². The van der Waals surface area contributed by atoms with Gasteiger partial charge in [-0.15, -0.1) is 0 Å².